The summed E-state index contributed by atoms with van der Waals surface area (Å²) in [5, 5.41) is 3.49. The lowest BCUT2D eigenvalue weighted by molar-refractivity contribution is -0.0157. The minimum Gasteiger partial charge on any atom is -0.448 e. The van der Waals surface area contributed by atoms with Gasteiger partial charge in [0.25, 0.3) is 0 Å². The third-order valence-electron chi connectivity index (χ3n) is 5.88. The zero-order valence-electron chi connectivity index (χ0n) is 12.5. The minimum atomic E-state index is 0.342. The van der Waals surface area contributed by atoms with Crippen molar-refractivity contribution in [2.24, 2.45) is 17.8 Å². The summed E-state index contributed by atoms with van der Waals surface area (Å²) >= 11 is 0. The molecule has 5 rings (SSSR count). The highest BCUT2D eigenvalue weighted by Crippen LogP contribution is 2.61. The fourth-order valence-corrected chi connectivity index (χ4v) is 5.60. The first-order chi connectivity index (χ1) is 9.79. The number of hydrogen-bond donors (Lipinski definition) is 1. The van der Waals surface area contributed by atoms with Crippen molar-refractivity contribution in [3.63, 3.8) is 0 Å². The average Bonchev–Trinajstić information content (AvgIpc) is 2.86. The molecule has 1 aromatic heterocycles. The fraction of sp³-hybridized carbons (Fsp3) is 0.824. The molecule has 0 saturated heterocycles. The number of nitrogens with one attached hydrogen (secondary N) is 1. The van der Waals surface area contributed by atoms with E-state index in [1.165, 1.54) is 56.4 Å². The Balaban J connectivity index is 1.59. The molecule has 4 fully saturated rings. The van der Waals surface area contributed by atoms with E-state index in [1.807, 2.05) is 0 Å². The van der Waals surface area contributed by atoms with E-state index in [0.29, 0.717) is 5.41 Å². The normalized spacial score (nSPS) is 38.5. The van der Waals surface area contributed by atoms with Crippen LogP contribution in [0, 0.1) is 17.8 Å². The maximum Gasteiger partial charge on any atom is 0.181 e. The average molecular weight is 274 g/mol. The Kier molecular flexibility index (Phi) is 3.13. The molecule has 4 saturated carbocycles. The molecule has 110 valence electrons. The Bertz CT molecular complexity index is 444. The maximum atomic E-state index is 5.93. The SMILES string of the molecule is CCCNCc1ncoc1C12CC3CC(CC(C3)C1)C2. The lowest BCUT2D eigenvalue weighted by Gasteiger charge is -2.56. The molecule has 0 unspecified atom stereocenters. The van der Waals surface area contributed by atoms with E-state index in [0.717, 1.165) is 30.8 Å². The summed E-state index contributed by atoms with van der Waals surface area (Å²) < 4.78 is 5.93. The Morgan fingerprint density at radius 2 is 1.85 bits per heavy atom. The molecule has 0 aliphatic heterocycles. The summed E-state index contributed by atoms with van der Waals surface area (Å²) in [6, 6.07) is 0. The lowest BCUT2D eigenvalue weighted by atomic mass is 9.49. The Hall–Kier alpha value is -0.830. The predicted molar refractivity (Wildman–Crippen MR) is 78.4 cm³/mol. The number of nitrogens with zero attached hydrogens (tertiary/aromatic N) is 1. The molecule has 0 amide bonds. The molecule has 1 heterocycles. The molecule has 4 aliphatic carbocycles. The molecule has 4 aliphatic rings. The molecule has 4 bridgehead atoms. The van der Waals surface area contributed by atoms with Gasteiger partial charge in [-0.25, -0.2) is 4.98 Å². The minimum absolute atomic E-state index is 0.342. The molecule has 3 nitrogen and oxygen atoms in total. The molecule has 0 aromatic carbocycles. The van der Waals surface area contributed by atoms with E-state index >= 15 is 0 Å². The smallest absolute Gasteiger partial charge is 0.181 e. The fourth-order valence-electron chi connectivity index (χ4n) is 5.60. The number of aromatic nitrogens is 1. The van der Waals surface area contributed by atoms with Gasteiger partial charge in [0.15, 0.2) is 6.39 Å². The number of hydrogen-bond acceptors (Lipinski definition) is 3. The molecule has 20 heavy (non-hydrogen) atoms. The van der Waals surface area contributed by atoms with Crippen LogP contribution >= 0.6 is 0 Å². The molecule has 3 heteroatoms. The van der Waals surface area contributed by atoms with Gasteiger partial charge in [-0.2, -0.15) is 0 Å². The van der Waals surface area contributed by atoms with E-state index < -0.39 is 0 Å². The zero-order valence-corrected chi connectivity index (χ0v) is 12.5. The second-order valence-electron chi connectivity index (χ2n) is 7.50. The first-order valence-electron chi connectivity index (χ1n) is 8.42. The molecule has 0 atom stereocenters. The summed E-state index contributed by atoms with van der Waals surface area (Å²) in [5.41, 5.74) is 1.52. The molecule has 0 spiro atoms. The summed E-state index contributed by atoms with van der Waals surface area (Å²) in [5.74, 6) is 4.12. The van der Waals surface area contributed by atoms with Crippen LogP contribution in [0.2, 0.25) is 0 Å². The van der Waals surface area contributed by atoms with Crippen molar-refractivity contribution in [1.29, 1.82) is 0 Å². The standard InChI is InChI=1S/C17H26N2O/c1-2-3-18-10-15-16(20-11-19-15)17-7-12-4-13(8-17)6-14(5-12)9-17/h11-14,18H,2-10H2,1H3. The van der Waals surface area contributed by atoms with Crippen LogP contribution in [0.4, 0.5) is 0 Å². The van der Waals surface area contributed by atoms with E-state index in [9.17, 15) is 0 Å². The maximum absolute atomic E-state index is 5.93. The van der Waals surface area contributed by atoms with Gasteiger partial charge in [0, 0.05) is 12.0 Å². The van der Waals surface area contributed by atoms with Crippen LogP contribution in [-0.4, -0.2) is 11.5 Å². The van der Waals surface area contributed by atoms with Crippen molar-refractivity contribution in [3.05, 3.63) is 17.8 Å². The van der Waals surface area contributed by atoms with Gasteiger partial charge in [-0.15, -0.1) is 0 Å². The van der Waals surface area contributed by atoms with Gasteiger partial charge in [-0.1, -0.05) is 6.92 Å². The highest BCUT2D eigenvalue weighted by atomic mass is 16.3. The van der Waals surface area contributed by atoms with Crippen LogP contribution in [0.1, 0.15) is 63.3 Å². The first kappa shape index (κ1) is 12.9. The van der Waals surface area contributed by atoms with E-state index in [2.05, 4.69) is 17.2 Å². The highest BCUT2D eigenvalue weighted by Gasteiger charge is 2.53. The van der Waals surface area contributed by atoms with Gasteiger partial charge < -0.3 is 9.73 Å². The van der Waals surface area contributed by atoms with E-state index in [-0.39, 0.29) is 0 Å². The van der Waals surface area contributed by atoms with Gasteiger partial charge in [0.2, 0.25) is 0 Å². The largest absolute Gasteiger partial charge is 0.448 e. The van der Waals surface area contributed by atoms with Crippen LogP contribution in [-0.2, 0) is 12.0 Å². The summed E-state index contributed by atoms with van der Waals surface area (Å²) in [7, 11) is 0. The molecule has 1 aromatic rings. The van der Waals surface area contributed by atoms with Gasteiger partial charge in [0.1, 0.15) is 5.76 Å². The van der Waals surface area contributed by atoms with Gasteiger partial charge in [-0.05, 0) is 69.2 Å². The Morgan fingerprint density at radius 1 is 1.20 bits per heavy atom. The Labute approximate surface area is 121 Å². The molecular weight excluding hydrogens is 248 g/mol. The van der Waals surface area contributed by atoms with Crippen LogP contribution in [0.25, 0.3) is 0 Å². The summed E-state index contributed by atoms with van der Waals surface area (Å²) in [6.07, 6.45) is 11.4. The third-order valence-corrected chi connectivity index (χ3v) is 5.88. The van der Waals surface area contributed by atoms with Crippen molar-refractivity contribution in [2.75, 3.05) is 6.54 Å². The van der Waals surface area contributed by atoms with Crippen molar-refractivity contribution in [2.45, 2.75) is 63.8 Å². The molecule has 1 N–H and O–H groups in total. The summed E-state index contributed by atoms with van der Waals surface area (Å²) in [4.78, 5) is 4.52. The zero-order chi connectivity index (χ0) is 13.6. The van der Waals surface area contributed by atoms with Crippen LogP contribution in [0.15, 0.2) is 10.8 Å². The van der Waals surface area contributed by atoms with Gasteiger partial charge in [0.05, 0.1) is 5.69 Å². The summed E-state index contributed by atoms with van der Waals surface area (Å²) in [6.45, 7) is 4.14. The van der Waals surface area contributed by atoms with Crippen molar-refractivity contribution >= 4 is 0 Å². The second kappa shape index (κ2) is 4.87. The molecular formula is C17H26N2O. The van der Waals surface area contributed by atoms with E-state index in [4.69, 9.17) is 4.42 Å². The molecule has 0 radical (unpaired) electrons. The van der Waals surface area contributed by atoms with Crippen LogP contribution < -0.4 is 5.32 Å². The quantitative estimate of drug-likeness (QED) is 0.833. The number of oxazole rings is 1. The highest BCUT2D eigenvalue weighted by molar-refractivity contribution is 5.24. The monoisotopic (exact) mass is 274 g/mol. The van der Waals surface area contributed by atoms with Crippen molar-refractivity contribution in [1.82, 2.24) is 10.3 Å². The first-order valence-corrected chi connectivity index (χ1v) is 8.42. The number of rotatable bonds is 5. The predicted octanol–water partition coefficient (Wildman–Crippen LogP) is 3.64. The van der Waals surface area contributed by atoms with Crippen LogP contribution in [0.3, 0.4) is 0 Å². The van der Waals surface area contributed by atoms with Crippen LogP contribution in [0.5, 0.6) is 0 Å². The second-order valence-corrected chi connectivity index (χ2v) is 7.50. The Morgan fingerprint density at radius 3 is 2.45 bits per heavy atom. The van der Waals surface area contributed by atoms with Crippen molar-refractivity contribution in [3.8, 4) is 0 Å². The third kappa shape index (κ3) is 2.02. The van der Waals surface area contributed by atoms with Gasteiger partial charge in [-0.3, -0.25) is 0 Å². The lowest BCUT2D eigenvalue weighted by Crippen LogP contribution is -2.48. The van der Waals surface area contributed by atoms with Gasteiger partial charge >= 0.3 is 0 Å². The van der Waals surface area contributed by atoms with E-state index in [1.54, 1.807) is 6.39 Å². The topological polar surface area (TPSA) is 38.1 Å². The van der Waals surface area contributed by atoms with Crippen molar-refractivity contribution < 1.29 is 4.42 Å².